The van der Waals surface area contributed by atoms with Gasteiger partial charge in [0.05, 0.1) is 17.5 Å². The second-order valence-corrected chi connectivity index (χ2v) is 3.62. The molecule has 1 aromatic rings. The summed E-state index contributed by atoms with van der Waals surface area (Å²) in [6.45, 7) is 4.04. The summed E-state index contributed by atoms with van der Waals surface area (Å²) in [5.74, 6) is -0.299. The summed E-state index contributed by atoms with van der Waals surface area (Å²) < 4.78 is 4.88. The minimum absolute atomic E-state index is 0.0932. The first kappa shape index (κ1) is 11.1. The van der Waals surface area contributed by atoms with Crippen LogP contribution >= 0.6 is 11.6 Å². The van der Waals surface area contributed by atoms with Gasteiger partial charge >= 0.3 is 5.97 Å². The SMILES string of the molecule is CCOC(=O)c1cccc(C(C)Cl)c1. The standard InChI is InChI=1S/C11H13ClO2/c1-3-14-11(13)10-6-4-5-9(7-10)8(2)12/h4-8H,3H2,1-2H3. The van der Waals surface area contributed by atoms with E-state index in [2.05, 4.69) is 0 Å². The molecule has 0 N–H and O–H groups in total. The molecule has 2 nitrogen and oxygen atoms in total. The minimum Gasteiger partial charge on any atom is -0.462 e. The van der Waals surface area contributed by atoms with Crippen molar-refractivity contribution in [2.45, 2.75) is 19.2 Å². The van der Waals surface area contributed by atoms with Gasteiger partial charge in [-0.15, -0.1) is 11.6 Å². The molecule has 14 heavy (non-hydrogen) atoms. The van der Waals surface area contributed by atoms with E-state index < -0.39 is 0 Å². The number of ether oxygens (including phenoxy) is 1. The number of carbonyl (C=O) groups excluding carboxylic acids is 1. The molecule has 0 amide bonds. The smallest absolute Gasteiger partial charge is 0.338 e. The van der Waals surface area contributed by atoms with Crippen LogP contribution in [0.2, 0.25) is 0 Å². The number of rotatable bonds is 3. The molecular formula is C11H13ClO2. The van der Waals surface area contributed by atoms with E-state index in [1.54, 1.807) is 25.1 Å². The average molecular weight is 213 g/mol. The maximum Gasteiger partial charge on any atom is 0.338 e. The molecule has 0 aliphatic carbocycles. The van der Waals surface area contributed by atoms with Crippen molar-refractivity contribution < 1.29 is 9.53 Å². The molecule has 0 bridgehead atoms. The Labute approximate surface area is 88.8 Å². The number of halogens is 1. The summed E-state index contributed by atoms with van der Waals surface area (Å²) in [5.41, 5.74) is 1.48. The quantitative estimate of drug-likeness (QED) is 0.568. The zero-order valence-corrected chi connectivity index (χ0v) is 9.04. The number of carbonyl (C=O) groups is 1. The van der Waals surface area contributed by atoms with Gasteiger partial charge in [0.15, 0.2) is 0 Å². The average Bonchev–Trinajstić information content (AvgIpc) is 2.18. The second-order valence-electron chi connectivity index (χ2n) is 2.96. The lowest BCUT2D eigenvalue weighted by atomic mass is 10.1. The molecule has 0 aliphatic rings. The van der Waals surface area contributed by atoms with Crippen molar-refractivity contribution in [1.82, 2.24) is 0 Å². The second kappa shape index (κ2) is 5.01. The largest absolute Gasteiger partial charge is 0.462 e. The van der Waals surface area contributed by atoms with Gasteiger partial charge in [-0.25, -0.2) is 4.79 Å². The molecule has 1 unspecified atom stereocenters. The van der Waals surface area contributed by atoms with Crippen LogP contribution < -0.4 is 0 Å². The van der Waals surface area contributed by atoms with Crippen LogP contribution in [0.1, 0.15) is 35.1 Å². The van der Waals surface area contributed by atoms with Crippen molar-refractivity contribution >= 4 is 17.6 Å². The van der Waals surface area contributed by atoms with E-state index in [1.165, 1.54) is 0 Å². The monoisotopic (exact) mass is 212 g/mol. The van der Waals surface area contributed by atoms with E-state index in [0.717, 1.165) is 5.56 Å². The minimum atomic E-state index is -0.299. The molecule has 3 heteroatoms. The topological polar surface area (TPSA) is 26.3 Å². The van der Waals surface area contributed by atoms with Crippen molar-refractivity contribution in [3.05, 3.63) is 35.4 Å². The van der Waals surface area contributed by atoms with Crippen LogP contribution in [0.4, 0.5) is 0 Å². The molecule has 0 aliphatic heterocycles. The first-order valence-corrected chi connectivity index (χ1v) is 5.00. The molecule has 0 fully saturated rings. The zero-order chi connectivity index (χ0) is 10.6. The van der Waals surface area contributed by atoms with Crippen LogP contribution in [0.25, 0.3) is 0 Å². The Morgan fingerprint density at radius 2 is 2.29 bits per heavy atom. The summed E-state index contributed by atoms with van der Waals surface area (Å²) in [5, 5.41) is -0.0932. The van der Waals surface area contributed by atoms with Crippen molar-refractivity contribution in [2.24, 2.45) is 0 Å². The van der Waals surface area contributed by atoms with Gasteiger partial charge < -0.3 is 4.74 Å². The van der Waals surface area contributed by atoms with E-state index in [1.807, 2.05) is 13.0 Å². The molecule has 0 radical (unpaired) electrons. The zero-order valence-electron chi connectivity index (χ0n) is 8.29. The Morgan fingerprint density at radius 3 is 2.86 bits per heavy atom. The highest BCUT2D eigenvalue weighted by atomic mass is 35.5. The number of esters is 1. The van der Waals surface area contributed by atoms with E-state index in [-0.39, 0.29) is 11.3 Å². The maximum absolute atomic E-state index is 11.4. The third kappa shape index (κ3) is 2.74. The van der Waals surface area contributed by atoms with Gasteiger partial charge in [-0.05, 0) is 31.5 Å². The number of hydrogen-bond donors (Lipinski definition) is 0. The third-order valence-corrected chi connectivity index (χ3v) is 2.11. The molecule has 1 rings (SSSR count). The number of benzene rings is 1. The Bertz CT molecular complexity index is 321. The number of hydrogen-bond acceptors (Lipinski definition) is 2. The fraction of sp³-hybridized carbons (Fsp3) is 0.364. The Hall–Kier alpha value is -1.02. The van der Waals surface area contributed by atoms with Crippen LogP contribution in [-0.4, -0.2) is 12.6 Å². The van der Waals surface area contributed by atoms with E-state index in [4.69, 9.17) is 16.3 Å². The van der Waals surface area contributed by atoms with Gasteiger partial charge in [-0.2, -0.15) is 0 Å². The predicted molar refractivity (Wildman–Crippen MR) is 56.7 cm³/mol. The van der Waals surface area contributed by atoms with Crippen molar-refractivity contribution in [1.29, 1.82) is 0 Å². The van der Waals surface area contributed by atoms with Crippen LogP contribution in [0, 0.1) is 0 Å². The molecule has 0 saturated heterocycles. The highest BCUT2D eigenvalue weighted by Crippen LogP contribution is 2.20. The van der Waals surface area contributed by atoms with Gasteiger partial charge in [0.1, 0.15) is 0 Å². The summed E-state index contributed by atoms with van der Waals surface area (Å²) in [4.78, 5) is 11.4. The molecular weight excluding hydrogens is 200 g/mol. The molecule has 0 spiro atoms. The van der Waals surface area contributed by atoms with Gasteiger partial charge in [-0.3, -0.25) is 0 Å². The highest BCUT2D eigenvalue weighted by molar-refractivity contribution is 6.20. The van der Waals surface area contributed by atoms with Crippen LogP contribution in [-0.2, 0) is 4.74 Å². The van der Waals surface area contributed by atoms with Gasteiger partial charge in [0, 0.05) is 0 Å². The maximum atomic E-state index is 11.4. The van der Waals surface area contributed by atoms with Crippen LogP contribution in [0.15, 0.2) is 24.3 Å². The molecule has 0 aromatic heterocycles. The molecule has 1 aromatic carbocycles. The molecule has 1 atom stereocenters. The normalized spacial score (nSPS) is 12.2. The Kier molecular flexibility index (Phi) is 3.96. The molecule has 0 saturated carbocycles. The van der Waals surface area contributed by atoms with Gasteiger partial charge in [0.2, 0.25) is 0 Å². The first-order valence-electron chi connectivity index (χ1n) is 4.56. The lowest BCUT2D eigenvalue weighted by molar-refractivity contribution is 0.0526. The summed E-state index contributed by atoms with van der Waals surface area (Å²) in [6, 6.07) is 7.18. The Morgan fingerprint density at radius 1 is 1.57 bits per heavy atom. The van der Waals surface area contributed by atoms with Crippen molar-refractivity contribution in [3.63, 3.8) is 0 Å². The number of alkyl halides is 1. The fourth-order valence-corrected chi connectivity index (χ4v) is 1.26. The lowest BCUT2D eigenvalue weighted by Gasteiger charge is -2.05. The summed E-state index contributed by atoms with van der Waals surface area (Å²) in [7, 11) is 0. The van der Waals surface area contributed by atoms with Crippen molar-refractivity contribution in [2.75, 3.05) is 6.61 Å². The first-order chi connectivity index (χ1) is 6.65. The van der Waals surface area contributed by atoms with E-state index in [0.29, 0.717) is 12.2 Å². The van der Waals surface area contributed by atoms with Crippen LogP contribution in [0.3, 0.4) is 0 Å². The van der Waals surface area contributed by atoms with E-state index in [9.17, 15) is 4.79 Å². The third-order valence-electron chi connectivity index (χ3n) is 1.86. The summed E-state index contributed by atoms with van der Waals surface area (Å²) in [6.07, 6.45) is 0. The van der Waals surface area contributed by atoms with Gasteiger partial charge in [0.25, 0.3) is 0 Å². The predicted octanol–water partition coefficient (Wildman–Crippen LogP) is 3.16. The highest BCUT2D eigenvalue weighted by Gasteiger charge is 2.08. The molecule has 76 valence electrons. The lowest BCUT2D eigenvalue weighted by Crippen LogP contribution is -2.04. The van der Waals surface area contributed by atoms with Crippen molar-refractivity contribution in [3.8, 4) is 0 Å². The fourth-order valence-electron chi connectivity index (χ4n) is 1.13. The molecule has 0 heterocycles. The van der Waals surface area contributed by atoms with E-state index >= 15 is 0 Å². The Balaban J connectivity index is 2.88. The summed E-state index contributed by atoms with van der Waals surface area (Å²) >= 11 is 5.90. The van der Waals surface area contributed by atoms with Crippen LogP contribution in [0.5, 0.6) is 0 Å². The van der Waals surface area contributed by atoms with Gasteiger partial charge in [-0.1, -0.05) is 12.1 Å².